The molecule has 0 saturated heterocycles. The van der Waals surface area contributed by atoms with Gasteiger partial charge in [-0.25, -0.2) is 0 Å². The summed E-state index contributed by atoms with van der Waals surface area (Å²) in [5.41, 5.74) is 0. The van der Waals surface area contributed by atoms with Gasteiger partial charge in [-0.3, -0.25) is 4.79 Å². The molecule has 0 radical (unpaired) electrons. The first-order valence-electron chi connectivity index (χ1n) is 5.90. The lowest BCUT2D eigenvalue weighted by Crippen LogP contribution is -2.29. The van der Waals surface area contributed by atoms with E-state index in [0.717, 1.165) is 31.6 Å². The Kier molecular flexibility index (Phi) is 4.58. The van der Waals surface area contributed by atoms with Crippen LogP contribution in [-0.4, -0.2) is 22.3 Å². The summed E-state index contributed by atoms with van der Waals surface area (Å²) < 4.78 is 0. The molecule has 0 heterocycles. The van der Waals surface area contributed by atoms with Gasteiger partial charge in [0.2, 0.25) is 0 Å². The normalized spacial score (nSPS) is 29.1. The number of rotatable bonds is 4. The SMILES string of the molecule is CC(C)C1CCC(C(O)CC(=O)O)CC1. The molecule has 3 nitrogen and oxygen atoms in total. The van der Waals surface area contributed by atoms with E-state index in [2.05, 4.69) is 13.8 Å². The predicted molar refractivity (Wildman–Crippen MR) is 58.5 cm³/mol. The molecular formula is C12H22O3. The number of aliphatic carboxylic acids is 1. The van der Waals surface area contributed by atoms with E-state index in [0.29, 0.717) is 5.92 Å². The van der Waals surface area contributed by atoms with E-state index in [-0.39, 0.29) is 12.3 Å². The van der Waals surface area contributed by atoms with Crippen molar-refractivity contribution in [3.8, 4) is 0 Å². The minimum absolute atomic E-state index is 0.100. The fourth-order valence-corrected chi connectivity index (χ4v) is 2.54. The summed E-state index contributed by atoms with van der Waals surface area (Å²) in [5.74, 6) is 0.783. The average Bonchev–Trinajstić information content (AvgIpc) is 2.17. The lowest BCUT2D eigenvalue weighted by Gasteiger charge is -2.32. The summed E-state index contributed by atoms with van der Waals surface area (Å²) in [6.45, 7) is 4.47. The second kappa shape index (κ2) is 5.50. The van der Waals surface area contributed by atoms with Gasteiger partial charge in [-0.1, -0.05) is 13.8 Å². The number of carbonyl (C=O) groups is 1. The first-order chi connectivity index (χ1) is 7.00. The summed E-state index contributed by atoms with van der Waals surface area (Å²) in [6.07, 6.45) is 3.50. The highest BCUT2D eigenvalue weighted by molar-refractivity contribution is 5.67. The minimum atomic E-state index is -0.895. The van der Waals surface area contributed by atoms with Crippen LogP contribution >= 0.6 is 0 Å². The summed E-state index contributed by atoms with van der Waals surface area (Å²) >= 11 is 0. The van der Waals surface area contributed by atoms with E-state index in [4.69, 9.17) is 5.11 Å². The molecule has 0 aromatic carbocycles. The zero-order valence-electron chi connectivity index (χ0n) is 9.65. The minimum Gasteiger partial charge on any atom is -0.481 e. The summed E-state index contributed by atoms with van der Waals surface area (Å²) in [4.78, 5) is 10.5. The maximum Gasteiger partial charge on any atom is 0.305 e. The standard InChI is InChI=1S/C12H22O3/c1-8(2)9-3-5-10(6-4-9)11(13)7-12(14)15/h8-11,13H,3-7H2,1-2H3,(H,14,15). The topological polar surface area (TPSA) is 57.5 Å². The lowest BCUT2D eigenvalue weighted by molar-refractivity contribution is -0.140. The van der Waals surface area contributed by atoms with Crippen LogP contribution in [0.25, 0.3) is 0 Å². The first-order valence-corrected chi connectivity index (χ1v) is 5.90. The molecule has 0 aromatic rings. The molecule has 1 atom stereocenters. The van der Waals surface area contributed by atoms with Crippen molar-refractivity contribution in [2.24, 2.45) is 17.8 Å². The molecule has 0 bridgehead atoms. The number of aliphatic hydroxyl groups excluding tert-OH is 1. The smallest absolute Gasteiger partial charge is 0.305 e. The maximum absolute atomic E-state index is 10.5. The van der Waals surface area contributed by atoms with Crippen molar-refractivity contribution in [3.63, 3.8) is 0 Å². The van der Waals surface area contributed by atoms with Crippen molar-refractivity contribution in [3.05, 3.63) is 0 Å². The number of carboxylic acids is 1. The Morgan fingerprint density at radius 1 is 1.20 bits per heavy atom. The fraction of sp³-hybridized carbons (Fsp3) is 0.917. The largest absolute Gasteiger partial charge is 0.481 e. The van der Waals surface area contributed by atoms with Crippen molar-refractivity contribution in [2.75, 3.05) is 0 Å². The molecule has 15 heavy (non-hydrogen) atoms. The van der Waals surface area contributed by atoms with Gasteiger partial charge in [0, 0.05) is 0 Å². The Bertz CT molecular complexity index is 205. The highest BCUT2D eigenvalue weighted by Crippen LogP contribution is 2.35. The van der Waals surface area contributed by atoms with Crippen LogP contribution in [-0.2, 0) is 4.79 Å². The Balaban J connectivity index is 2.33. The molecule has 0 aromatic heterocycles. The van der Waals surface area contributed by atoms with Crippen molar-refractivity contribution >= 4 is 5.97 Å². The number of carboxylic acid groups (broad SMARTS) is 1. The van der Waals surface area contributed by atoms with Crippen molar-refractivity contribution < 1.29 is 15.0 Å². The van der Waals surface area contributed by atoms with Gasteiger partial charge in [0.25, 0.3) is 0 Å². The third-order valence-electron chi connectivity index (χ3n) is 3.69. The van der Waals surface area contributed by atoms with E-state index in [1.807, 2.05) is 0 Å². The lowest BCUT2D eigenvalue weighted by atomic mass is 9.75. The Morgan fingerprint density at radius 3 is 2.07 bits per heavy atom. The summed E-state index contributed by atoms with van der Waals surface area (Å²) in [6, 6.07) is 0. The van der Waals surface area contributed by atoms with E-state index < -0.39 is 12.1 Å². The second-order valence-electron chi connectivity index (χ2n) is 5.08. The molecule has 88 valence electrons. The van der Waals surface area contributed by atoms with Gasteiger partial charge in [0.15, 0.2) is 0 Å². The van der Waals surface area contributed by atoms with Crippen LogP contribution in [0.2, 0.25) is 0 Å². The number of hydrogen-bond acceptors (Lipinski definition) is 2. The summed E-state index contributed by atoms with van der Waals surface area (Å²) in [7, 11) is 0. The Hall–Kier alpha value is -0.570. The molecule has 1 unspecified atom stereocenters. The number of aliphatic hydroxyl groups is 1. The summed E-state index contributed by atoms with van der Waals surface area (Å²) in [5, 5.41) is 18.3. The third-order valence-corrected chi connectivity index (χ3v) is 3.69. The van der Waals surface area contributed by atoms with E-state index in [9.17, 15) is 9.90 Å². The van der Waals surface area contributed by atoms with Gasteiger partial charge in [0.1, 0.15) is 0 Å². The van der Waals surface area contributed by atoms with Gasteiger partial charge in [-0.2, -0.15) is 0 Å². The zero-order chi connectivity index (χ0) is 11.4. The van der Waals surface area contributed by atoms with Gasteiger partial charge < -0.3 is 10.2 Å². The van der Waals surface area contributed by atoms with Crippen LogP contribution in [0.15, 0.2) is 0 Å². The van der Waals surface area contributed by atoms with Crippen LogP contribution in [0.1, 0.15) is 46.0 Å². The predicted octanol–water partition coefficient (Wildman–Crippen LogP) is 2.28. The van der Waals surface area contributed by atoms with Crippen LogP contribution in [0.4, 0.5) is 0 Å². The maximum atomic E-state index is 10.5. The van der Waals surface area contributed by atoms with E-state index >= 15 is 0 Å². The quantitative estimate of drug-likeness (QED) is 0.755. The Morgan fingerprint density at radius 2 is 1.67 bits per heavy atom. The highest BCUT2D eigenvalue weighted by Gasteiger charge is 2.28. The molecule has 1 aliphatic rings. The van der Waals surface area contributed by atoms with Gasteiger partial charge >= 0.3 is 5.97 Å². The second-order valence-corrected chi connectivity index (χ2v) is 5.08. The molecule has 2 N–H and O–H groups in total. The molecule has 3 heteroatoms. The van der Waals surface area contributed by atoms with Crippen LogP contribution in [0.5, 0.6) is 0 Å². The van der Waals surface area contributed by atoms with Gasteiger partial charge in [-0.15, -0.1) is 0 Å². The van der Waals surface area contributed by atoms with Crippen LogP contribution in [0.3, 0.4) is 0 Å². The molecule has 1 fully saturated rings. The Labute approximate surface area is 91.5 Å². The van der Waals surface area contributed by atoms with Gasteiger partial charge in [-0.05, 0) is 43.4 Å². The zero-order valence-corrected chi connectivity index (χ0v) is 9.65. The molecule has 1 aliphatic carbocycles. The van der Waals surface area contributed by atoms with E-state index in [1.54, 1.807) is 0 Å². The van der Waals surface area contributed by atoms with Gasteiger partial charge in [0.05, 0.1) is 12.5 Å². The number of hydrogen-bond donors (Lipinski definition) is 2. The van der Waals surface area contributed by atoms with E-state index in [1.165, 1.54) is 0 Å². The third kappa shape index (κ3) is 3.82. The molecule has 0 amide bonds. The fourth-order valence-electron chi connectivity index (χ4n) is 2.54. The first kappa shape index (κ1) is 12.5. The molecule has 0 aliphatic heterocycles. The molecular weight excluding hydrogens is 192 g/mol. The van der Waals surface area contributed by atoms with Crippen LogP contribution < -0.4 is 0 Å². The van der Waals surface area contributed by atoms with Crippen molar-refractivity contribution in [1.82, 2.24) is 0 Å². The highest BCUT2D eigenvalue weighted by atomic mass is 16.4. The molecule has 1 saturated carbocycles. The molecule has 0 spiro atoms. The van der Waals surface area contributed by atoms with Crippen LogP contribution in [0, 0.1) is 17.8 Å². The monoisotopic (exact) mass is 214 g/mol. The average molecular weight is 214 g/mol. The van der Waals surface area contributed by atoms with Crippen molar-refractivity contribution in [2.45, 2.75) is 52.1 Å². The molecule has 1 rings (SSSR count). The van der Waals surface area contributed by atoms with Crippen molar-refractivity contribution in [1.29, 1.82) is 0 Å².